The van der Waals surface area contributed by atoms with E-state index >= 15 is 0 Å². The number of rotatable bonds is 2. The van der Waals surface area contributed by atoms with Crippen molar-refractivity contribution in [1.82, 2.24) is 4.98 Å². The number of carboxylic acids is 1. The molecule has 1 aromatic heterocycles. The fraction of sp³-hybridized carbons (Fsp3) is 0.250. The minimum absolute atomic E-state index is 0.270. The Balaban J connectivity index is 1.98. The van der Waals surface area contributed by atoms with E-state index in [2.05, 4.69) is 28.1 Å². The first-order chi connectivity index (χ1) is 9.75. The molecule has 2 heterocycles. The monoisotopic (exact) mass is 268 g/mol. The van der Waals surface area contributed by atoms with Gasteiger partial charge < -0.3 is 10.0 Å². The van der Waals surface area contributed by atoms with Crippen LogP contribution in [0.25, 0.3) is 0 Å². The normalized spacial score (nSPS) is 14.5. The average Bonchev–Trinajstić information content (AvgIpc) is 2.69. The first kappa shape index (κ1) is 12.7. The number of aryl methyl sites for hydroxylation is 1. The second-order valence-electron chi connectivity index (χ2n) is 4.99. The highest BCUT2D eigenvalue weighted by atomic mass is 16.4. The molecule has 1 N–H and O–H groups in total. The molecule has 0 saturated carbocycles. The molecule has 0 unspecified atom stereocenters. The third kappa shape index (κ3) is 2.37. The van der Waals surface area contributed by atoms with Gasteiger partial charge in [-0.25, -0.2) is 4.79 Å². The highest BCUT2D eigenvalue weighted by molar-refractivity contribution is 5.94. The number of hydrogen-bond acceptors (Lipinski definition) is 3. The van der Waals surface area contributed by atoms with Gasteiger partial charge >= 0.3 is 5.97 Å². The van der Waals surface area contributed by atoms with Crippen molar-refractivity contribution in [2.45, 2.75) is 19.4 Å². The van der Waals surface area contributed by atoms with Crippen LogP contribution in [0.4, 0.5) is 5.69 Å². The number of aromatic carboxylic acids is 1. The number of pyridine rings is 1. The highest BCUT2D eigenvalue weighted by Crippen LogP contribution is 2.26. The molecule has 0 radical (unpaired) electrons. The molecule has 3 rings (SSSR count). The van der Waals surface area contributed by atoms with E-state index in [-0.39, 0.29) is 5.56 Å². The van der Waals surface area contributed by atoms with Gasteiger partial charge in [-0.3, -0.25) is 4.98 Å². The smallest absolute Gasteiger partial charge is 0.339 e. The van der Waals surface area contributed by atoms with E-state index in [0.717, 1.165) is 31.6 Å². The van der Waals surface area contributed by atoms with Crippen molar-refractivity contribution in [2.24, 2.45) is 0 Å². The van der Waals surface area contributed by atoms with Crippen LogP contribution in [0.1, 0.15) is 27.9 Å². The molecule has 0 atom stereocenters. The Morgan fingerprint density at radius 1 is 1.20 bits per heavy atom. The van der Waals surface area contributed by atoms with Crippen LogP contribution in [0, 0.1) is 0 Å². The Labute approximate surface area is 117 Å². The molecule has 0 aliphatic carbocycles. The summed E-state index contributed by atoms with van der Waals surface area (Å²) in [6.45, 7) is 1.61. The molecule has 1 aliphatic rings. The van der Waals surface area contributed by atoms with Crippen LogP contribution in [0.2, 0.25) is 0 Å². The molecule has 0 amide bonds. The second-order valence-corrected chi connectivity index (χ2v) is 4.99. The third-order valence-corrected chi connectivity index (χ3v) is 3.72. The number of fused-ring (bicyclic) bond motifs is 1. The molecular weight excluding hydrogens is 252 g/mol. The van der Waals surface area contributed by atoms with E-state index in [0.29, 0.717) is 0 Å². The van der Waals surface area contributed by atoms with Crippen LogP contribution in [-0.4, -0.2) is 22.6 Å². The summed E-state index contributed by atoms with van der Waals surface area (Å²) in [7, 11) is 0. The van der Waals surface area contributed by atoms with Crippen molar-refractivity contribution in [3.63, 3.8) is 0 Å². The highest BCUT2D eigenvalue weighted by Gasteiger charge is 2.19. The minimum atomic E-state index is -0.925. The summed E-state index contributed by atoms with van der Waals surface area (Å²) in [5, 5.41) is 9.30. The number of nitrogens with zero attached hydrogens (tertiary/aromatic N) is 2. The van der Waals surface area contributed by atoms with Crippen LogP contribution in [-0.2, 0) is 13.0 Å². The predicted octanol–water partition coefficient (Wildman–Crippen LogP) is 2.73. The van der Waals surface area contributed by atoms with E-state index in [9.17, 15) is 9.90 Å². The Bertz CT molecular complexity index is 640. The van der Waals surface area contributed by atoms with Gasteiger partial charge in [0.15, 0.2) is 0 Å². The topological polar surface area (TPSA) is 53.4 Å². The van der Waals surface area contributed by atoms with Crippen molar-refractivity contribution in [1.29, 1.82) is 0 Å². The van der Waals surface area contributed by atoms with Crippen molar-refractivity contribution >= 4 is 11.7 Å². The summed E-state index contributed by atoms with van der Waals surface area (Å²) in [6, 6.07) is 10.2. The molecule has 1 aliphatic heterocycles. The number of aromatic nitrogens is 1. The van der Waals surface area contributed by atoms with Crippen LogP contribution in [0.5, 0.6) is 0 Å². The fourth-order valence-electron chi connectivity index (χ4n) is 2.73. The molecule has 102 valence electrons. The lowest BCUT2D eigenvalue weighted by molar-refractivity contribution is 0.0697. The van der Waals surface area contributed by atoms with Crippen molar-refractivity contribution < 1.29 is 9.90 Å². The average molecular weight is 268 g/mol. The molecule has 0 saturated heterocycles. The number of carbonyl (C=O) groups is 1. The molecule has 2 aromatic rings. The summed E-state index contributed by atoms with van der Waals surface area (Å²) in [6.07, 6.45) is 5.14. The van der Waals surface area contributed by atoms with Gasteiger partial charge in [0.25, 0.3) is 0 Å². The summed E-state index contributed by atoms with van der Waals surface area (Å²) < 4.78 is 0. The summed E-state index contributed by atoms with van der Waals surface area (Å²) in [5.41, 5.74) is 3.66. The summed E-state index contributed by atoms with van der Waals surface area (Å²) >= 11 is 0. The zero-order chi connectivity index (χ0) is 13.9. The second kappa shape index (κ2) is 5.33. The standard InChI is InChI=1S/C16H16N2O2/c19-16(20)14-10-17-8-7-15(14)18-9-3-6-12-4-1-2-5-13(12)11-18/h1-2,4-5,7-8,10H,3,6,9,11H2,(H,19,20). The Morgan fingerprint density at radius 2 is 2.00 bits per heavy atom. The Morgan fingerprint density at radius 3 is 2.80 bits per heavy atom. The maximum Gasteiger partial charge on any atom is 0.339 e. The zero-order valence-corrected chi connectivity index (χ0v) is 11.1. The number of hydrogen-bond donors (Lipinski definition) is 1. The van der Waals surface area contributed by atoms with Crippen molar-refractivity contribution in [3.05, 3.63) is 59.4 Å². The van der Waals surface area contributed by atoms with Gasteiger partial charge in [0.2, 0.25) is 0 Å². The van der Waals surface area contributed by atoms with Gasteiger partial charge in [-0.05, 0) is 30.0 Å². The van der Waals surface area contributed by atoms with E-state index in [4.69, 9.17) is 0 Å². The Hall–Kier alpha value is -2.36. The third-order valence-electron chi connectivity index (χ3n) is 3.72. The lowest BCUT2D eigenvalue weighted by atomic mass is 10.0. The van der Waals surface area contributed by atoms with Crippen molar-refractivity contribution in [2.75, 3.05) is 11.4 Å². The number of carboxylic acid groups (broad SMARTS) is 1. The van der Waals surface area contributed by atoms with E-state index in [1.54, 1.807) is 12.3 Å². The minimum Gasteiger partial charge on any atom is -0.478 e. The van der Waals surface area contributed by atoms with Gasteiger partial charge in [-0.15, -0.1) is 0 Å². The lowest BCUT2D eigenvalue weighted by Crippen LogP contribution is -2.24. The van der Waals surface area contributed by atoms with Crippen LogP contribution < -0.4 is 4.90 Å². The quantitative estimate of drug-likeness (QED) is 0.910. The van der Waals surface area contributed by atoms with E-state index in [1.807, 2.05) is 6.07 Å². The van der Waals surface area contributed by atoms with Gasteiger partial charge in [0.05, 0.1) is 5.69 Å². The van der Waals surface area contributed by atoms with Crippen LogP contribution in [0.15, 0.2) is 42.7 Å². The van der Waals surface area contributed by atoms with Gasteiger partial charge in [0.1, 0.15) is 5.56 Å². The molecule has 0 spiro atoms. The molecule has 0 fully saturated rings. The first-order valence-corrected chi connectivity index (χ1v) is 6.75. The van der Waals surface area contributed by atoms with E-state index in [1.165, 1.54) is 17.3 Å². The summed E-state index contributed by atoms with van der Waals surface area (Å²) in [4.78, 5) is 17.4. The Kier molecular flexibility index (Phi) is 3.37. The molecular formula is C16H16N2O2. The van der Waals surface area contributed by atoms with Crippen molar-refractivity contribution in [3.8, 4) is 0 Å². The zero-order valence-electron chi connectivity index (χ0n) is 11.1. The first-order valence-electron chi connectivity index (χ1n) is 6.75. The summed E-state index contributed by atoms with van der Waals surface area (Å²) in [5.74, 6) is -0.925. The van der Waals surface area contributed by atoms with E-state index < -0.39 is 5.97 Å². The number of benzene rings is 1. The maximum absolute atomic E-state index is 11.3. The van der Waals surface area contributed by atoms with Gasteiger partial charge in [-0.2, -0.15) is 0 Å². The molecule has 1 aromatic carbocycles. The predicted molar refractivity (Wildman–Crippen MR) is 77.0 cm³/mol. The molecule has 0 bridgehead atoms. The lowest BCUT2D eigenvalue weighted by Gasteiger charge is -2.24. The SMILES string of the molecule is O=C(O)c1cnccc1N1CCCc2ccccc2C1. The van der Waals surface area contributed by atoms with Gasteiger partial charge in [-0.1, -0.05) is 24.3 Å². The number of anilines is 1. The molecule has 20 heavy (non-hydrogen) atoms. The molecule has 4 nitrogen and oxygen atoms in total. The maximum atomic E-state index is 11.3. The van der Waals surface area contributed by atoms with Gasteiger partial charge in [0, 0.05) is 25.5 Å². The van der Waals surface area contributed by atoms with Crippen LogP contribution in [0.3, 0.4) is 0 Å². The fourth-order valence-corrected chi connectivity index (χ4v) is 2.73. The molecule has 4 heteroatoms. The van der Waals surface area contributed by atoms with Crippen LogP contribution >= 0.6 is 0 Å². The largest absolute Gasteiger partial charge is 0.478 e.